The Hall–Kier alpha value is -4.61. The van der Waals surface area contributed by atoms with Crippen molar-refractivity contribution in [3.63, 3.8) is 0 Å². The molecule has 0 saturated heterocycles. The molecule has 12 heteroatoms. The van der Waals surface area contributed by atoms with Gasteiger partial charge in [-0.05, 0) is 113 Å². The first-order valence-corrected chi connectivity index (χ1v) is 18.8. The van der Waals surface area contributed by atoms with Crippen molar-refractivity contribution in [2.75, 3.05) is 12.4 Å². The second-order valence-corrected chi connectivity index (χ2v) is 15.7. The first-order chi connectivity index (χ1) is 24.0. The molecule has 0 spiro atoms. The summed E-state index contributed by atoms with van der Waals surface area (Å²) in [6.07, 6.45) is 7.49. The number of halogens is 1. The number of pyridine rings is 1. The third kappa shape index (κ3) is 8.05. The third-order valence-electron chi connectivity index (χ3n) is 9.28. The van der Waals surface area contributed by atoms with Gasteiger partial charge in [-0.1, -0.05) is 29.8 Å². The van der Waals surface area contributed by atoms with Gasteiger partial charge >= 0.3 is 6.09 Å². The van der Waals surface area contributed by atoms with Gasteiger partial charge in [0, 0.05) is 55.9 Å². The molecule has 5 aromatic rings. The molecule has 2 heterocycles. The van der Waals surface area contributed by atoms with Gasteiger partial charge in [-0.15, -0.1) is 0 Å². The van der Waals surface area contributed by atoms with Crippen molar-refractivity contribution in [2.24, 2.45) is 0 Å². The number of rotatable bonds is 12. The number of carbonyl (C=O) groups excluding carboxylic acids is 2. The van der Waals surface area contributed by atoms with E-state index in [4.69, 9.17) is 26.1 Å². The largest absolute Gasteiger partial charge is 0.496 e. The molecule has 1 fully saturated rings. The minimum absolute atomic E-state index is 0.0528. The fraction of sp³-hybridized carbons (Fsp3) is 0.342. The van der Waals surface area contributed by atoms with Crippen molar-refractivity contribution in [3.05, 3.63) is 100 Å². The Labute approximate surface area is 297 Å². The lowest BCUT2D eigenvalue weighted by Gasteiger charge is -2.21. The first-order valence-electron chi connectivity index (χ1n) is 16.9. The van der Waals surface area contributed by atoms with Gasteiger partial charge in [0.15, 0.2) is 0 Å². The minimum atomic E-state index is -3.82. The van der Waals surface area contributed by atoms with Crippen molar-refractivity contribution in [2.45, 2.75) is 76.1 Å². The molecule has 6 rings (SSSR count). The molecule has 1 atom stereocenters. The summed E-state index contributed by atoms with van der Waals surface area (Å²) in [5, 5.41) is 4.69. The van der Waals surface area contributed by atoms with Crippen molar-refractivity contribution in [3.8, 4) is 5.75 Å². The summed E-state index contributed by atoms with van der Waals surface area (Å²) in [7, 11) is -2.29. The van der Waals surface area contributed by atoms with Crippen molar-refractivity contribution in [1.29, 1.82) is 0 Å². The third-order valence-corrected chi connectivity index (χ3v) is 11.2. The number of H-pyrrole nitrogens is 1. The van der Waals surface area contributed by atoms with Gasteiger partial charge in [-0.3, -0.25) is 15.1 Å². The molecule has 3 N–H and O–H groups in total. The van der Waals surface area contributed by atoms with Gasteiger partial charge in [0.25, 0.3) is 5.91 Å². The second kappa shape index (κ2) is 15.1. The molecule has 0 radical (unpaired) electrons. The van der Waals surface area contributed by atoms with E-state index in [0.29, 0.717) is 29.3 Å². The van der Waals surface area contributed by atoms with E-state index in [2.05, 4.69) is 15.0 Å². The predicted octanol–water partition coefficient (Wildman–Crippen LogP) is 8.49. The van der Waals surface area contributed by atoms with Crippen LogP contribution in [0.4, 0.5) is 10.5 Å². The number of aromatic nitrogens is 2. The van der Waals surface area contributed by atoms with Gasteiger partial charge < -0.3 is 14.5 Å². The number of fused-ring (bicyclic) bond motifs is 2. The van der Waals surface area contributed by atoms with Crippen LogP contribution in [-0.4, -0.2) is 48.8 Å². The van der Waals surface area contributed by atoms with Gasteiger partial charge in [0.2, 0.25) is 10.0 Å². The van der Waals surface area contributed by atoms with Crippen LogP contribution in [0.15, 0.2) is 72.9 Å². The highest BCUT2D eigenvalue weighted by atomic mass is 35.5. The van der Waals surface area contributed by atoms with Gasteiger partial charge in [0.05, 0.1) is 17.9 Å². The Bertz CT molecular complexity index is 2140. The van der Waals surface area contributed by atoms with E-state index < -0.39 is 27.3 Å². The molecular formula is C38H41ClN4O6S. The Morgan fingerprint density at radius 2 is 1.78 bits per heavy atom. The summed E-state index contributed by atoms with van der Waals surface area (Å²) >= 11 is 6.23. The summed E-state index contributed by atoms with van der Waals surface area (Å²) < 4.78 is 38.4. The molecule has 10 nitrogen and oxygen atoms in total. The molecule has 262 valence electrons. The highest BCUT2D eigenvalue weighted by molar-refractivity contribution is 7.90. The Morgan fingerprint density at radius 1 is 1.00 bits per heavy atom. The number of ether oxygens (including phenoxy) is 2. The number of carbonyl (C=O) groups is 2. The lowest BCUT2D eigenvalue weighted by molar-refractivity contribution is 0.0980. The Morgan fingerprint density at radius 3 is 2.54 bits per heavy atom. The average Bonchev–Trinajstić information content (AvgIpc) is 3.76. The summed E-state index contributed by atoms with van der Waals surface area (Å²) in [5.41, 5.74) is 5.25. The van der Waals surface area contributed by atoms with Crippen LogP contribution < -0.4 is 14.8 Å². The molecule has 2 aromatic heterocycles. The topological polar surface area (TPSA) is 139 Å². The normalized spacial score (nSPS) is 14.3. The summed E-state index contributed by atoms with van der Waals surface area (Å²) in [6.45, 7) is 3.01. The van der Waals surface area contributed by atoms with E-state index in [0.717, 1.165) is 70.7 Å². The van der Waals surface area contributed by atoms with Gasteiger partial charge in [0.1, 0.15) is 11.9 Å². The monoisotopic (exact) mass is 716 g/mol. The summed E-state index contributed by atoms with van der Waals surface area (Å²) in [6, 6.07) is 20.4. The molecule has 2 amide bonds. The molecule has 50 heavy (non-hydrogen) atoms. The molecule has 1 aliphatic rings. The van der Waals surface area contributed by atoms with E-state index in [1.165, 1.54) is 21.0 Å². The number of methoxy groups -OCH3 is 1. The summed E-state index contributed by atoms with van der Waals surface area (Å²) in [4.78, 5) is 33.9. The van der Waals surface area contributed by atoms with E-state index in [-0.39, 0.29) is 17.6 Å². The van der Waals surface area contributed by atoms with Crippen LogP contribution in [0.1, 0.15) is 85.5 Å². The highest BCUT2D eigenvalue weighted by Crippen LogP contribution is 2.40. The molecular weight excluding hydrogens is 676 g/mol. The Kier molecular flexibility index (Phi) is 10.6. The van der Waals surface area contributed by atoms with Crippen LogP contribution in [0.5, 0.6) is 5.75 Å². The van der Waals surface area contributed by atoms with Crippen molar-refractivity contribution in [1.82, 2.24) is 14.7 Å². The number of aromatic amines is 1. The number of benzene rings is 3. The number of anilines is 1. The smallest absolute Gasteiger partial charge is 0.411 e. The van der Waals surface area contributed by atoms with Crippen molar-refractivity contribution < 1.29 is 27.5 Å². The van der Waals surface area contributed by atoms with Crippen molar-refractivity contribution >= 4 is 61.1 Å². The average molecular weight is 717 g/mol. The second-order valence-electron chi connectivity index (χ2n) is 13.0. The number of sulfonamides is 1. The fourth-order valence-electron chi connectivity index (χ4n) is 6.50. The number of hydrogen-bond acceptors (Lipinski definition) is 7. The number of nitrogens with zero attached hydrogens (tertiary/aromatic N) is 1. The summed E-state index contributed by atoms with van der Waals surface area (Å²) in [5.74, 6) is -0.479. The van der Waals surface area contributed by atoms with Crippen LogP contribution in [-0.2, 0) is 21.2 Å². The lowest BCUT2D eigenvalue weighted by atomic mass is 9.85. The maximum absolute atomic E-state index is 13.0. The number of aryl methyl sites for hydroxylation is 1. The van der Waals surface area contributed by atoms with E-state index >= 15 is 0 Å². The molecule has 3 aromatic carbocycles. The zero-order valence-corrected chi connectivity index (χ0v) is 29.9. The fourth-order valence-corrected chi connectivity index (χ4v) is 7.28. The maximum Gasteiger partial charge on any atom is 0.411 e. The van der Waals surface area contributed by atoms with Gasteiger partial charge in [-0.25, -0.2) is 17.9 Å². The van der Waals surface area contributed by atoms with E-state index in [1.54, 1.807) is 12.1 Å². The molecule has 1 aliphatic carbocycles. The van der Waals surface area contributed by atoms with Crippen LogP contribution in [0.25, 0.3) is 21.8 Å². The molecule has 0 aliphatic heterocycles. The minimum Gasteiger partial charge on any atom is -0.496 e. The number of nitrogens with one attached hydrogen (secondary N) is 3. The number of amides is 2. The molecule has 1 unspecified atom stereocenters. The highest BCUT2D eigenvalue weighted by Gasteiger charge is 2.25. The van der Waals surface area contributed by atoms with E-state index in [9.17, 15) is 18.0 Å². The lowest BCUT2D eigenvalue weighted by Crippen LogP contribution is -2.35. The van der Waals surface area contributed by atoms with Crippen LogP contribution in [0.3, 0.4) is 0 Å². The van der Waals surface area contributed by atoms with Crippen LogP contribution in [0.2, 0.25) is 5.02 Å². The van der Waals surface area contributed by atoms with E-state index in [1.807, 2.05) is 60.8 Å². The first kappa shape index (κ1) is 35.2. The zero-order valence-electron chi connectivity index (χ0n) is 28.3. The van der Waals surface area contributed by atoms with Gasteiger partial charge in [-0.2, -0.15) is 0 Å². The zero-order chi connectivity index (χ0) is 35.4. The van der Waals surface area contributed by atoms with Crippen LogP contribution in [0, 0.1) is 0 Å². The molecule has 1 saturated carbocycles. The Balaban J connectivity index is 1.31. The number of hydrogen-bond donors (Lipinski definition) is 3. The standard InChI is InChI=1S/C38H41ClN4O6S/c1-23(2)50(46,47)43-37(44)25-13-17-31(36(19-25)48-3)30(10-6-7-27-15-12-24-11-14-26(39)20-35(24)41-27)33-22-40-34-18-16-28(21-32(33)34)42-38(45)49-29-8-4-5-9-29/h11-23,29-30,40H,4-10H2,1-3H3,(H,42,45)(H,43,44). The SMILES string of the molecule is COc1cc(C(=O)NS(=O)(=O)C(C)C)ccc1C(CCCc1ccc2ccc(Cl)cc2n1)c1c[nH]c2ccc(NC(=O)OC3CCCC3)cc12. The predicted molar refractivity (Wildman–Crippen MR) is 197 cm³/mol. The molecule has 0 bridgehead atoms. The van der Waals surface area contributed by atoms with Crippen LogP contribution >= 0.6 is 11.6 Å². The quantitative estimate of drug-likeness (QED) is 0.118. The maximum atomic E-state index is 13.0.